The number of carbonyl (C=O) groups is 1. The van der Waals surface area contributed by atoms with Crippen LogP contribution in [0.3, 0.4) is 0 Å². The summed E-state index contributed by atoms with van der Waals surface area (Å²) in [4.78, 5) is 14.2. The number of amides is 1. The Labute approximate surface area is 157 Å². The smallest absolute Gasteiger partial charge is 0.255 e. The number of hydrogen-bond donors (Lipinski definition) is 0. The number of hydrogen-bond acceptors (Lipinski definition) is 1. The fraction of sp³-hybridized carbons (Fsp3) is 0.150. The van der Waals surface area contributed by atoms with Gasteiger partial charge in [0.2, 0.25) is 0 Å². The summed E-state index contributed by atoms with van der Waals surface area (Å²) in [6, 6.07) is 17.1. The largest absolute Gasteiger partial charge is 0.345 e. The molecular weight excluding hydrogens is 355 g/mol. The fourth-order valence-electron chi connectivity index (χ4n) is 2.82. The first-order valence-electron chi connectivity index (χ1n) is 7.84. The highest BCUT2D eigenvalue weighted by Gasteiger charge is 2.20. The van der Waals surface area contributed by atoms with Crippen molar-refractivity contribution in [2.75, 3.05) is 14.1 Å². The third-order valence-corrected chi connectivity index (χ3v) is 4.61. The van der Waals surface area contributed by atoms with Gasteiger partial charge in [0, 0.05) is 35.5 Å². The van der Waals surface area contributed by atoms with Gasteiger partial charge >= 0.3 is 0 Å². The van der Waals surface area contributed by atoms with E-state index in [0.29, 0.717) is 15.6 Å². The number of benzene rings is 2. The van der Waals surface area contributed by atoms with Crippen LogP contribution in [0.4, 0.5) is 0 Å². The number of carbonyl (C=O) groups excluding carboxylic acids is 1. The fourth-order valence-corrected chi connectivity index (χ4v) is 3.07. The summed E-state index contributed by atoms with van der Waals surface area (Å²) in [5, 5.41) is 1.35. The predicted octanol–water partition coefficient (Wildman–Crippen LogP) is 5.46. The Morgan fingerprint density at radius 1 is 0.920 bits per heavy atom. The number of halogens is 2. The van der Waals surface area contributed by atoms with Crippen molar-refractivity contribution in [1.29, 1.82) is 0 Å². The molecule has 1 amide bonds. The maximum Gasteiger partial charge on any atom is 0.255 e. The maximum absolute atomic E-state index is 12.6. The lowest BCUT2D eigenvalue weighted by Gasteiger charge is -2.13. The molecule has 1 aromatic heterocycles. The van der Waals surface area contributed by atoms with Gasteiger partial charge in [-0.3, -0.25) is 4.79 Å². The van der Waals surface area contributed by atoms with Gasteiger partial charge in [0.25, 0.3) is 5.91 Å². The van der Waals surface area contributed by atoms with Crippen LogP contribution >= 0.6 is 23.2 Å². The maximum atomic E-state index is 12.6. The van der Waals surface area contributed by atoms with Gasteiger partial charge in [0.15, 0.2) is 0 Å². The lowest BCUT2D eigenvalue weighted by atomic mass is 10.1. The van der Waals surface area contributed by atoms with Gasteiger partial charge in [-0.15, -0.1) is 0 Å². The molecule has 0 saturated heterocycles. The summed E-state index contributed by atoms with van der Waals surface area (Å²) in [5.74, 6) is -0.0274. The van der Waals surface area contributed by atoms with Crippen LogP contribution in [0.5, 0.6) is 0 Å². The third-order valence-electron chi connectivity index (χ3n) is 4.11. The van der Waals surface area contributed by atoms with Gasteiger partial charge in [-0.1, -0.05) is 35.3 Å². The molecule has 25 heavy (non-hydrogen) atoms. The molecule has 0 atom stereocenters. The second-order valence-electron chi connectivity index (χ2n) is 6.05. The van der Waals surface area contributed by atoms with Crippen LogP contribution in [0.2, 0.25) is 10.0 Å². The molecule has 0 aliphatic heterocycles. The second kappa shape index (κ2) is 6.95. The molecule has 2 aromatic carbocycles. The predicted molar refractivity (Wildman–Crippen MR) is 104 cm³/mol. The Kier molecular flexibility index (Phi) is 4.89. The van der Waals surface area contributed by atoms with E-state index in [4.69, 9.17) is 23.2 Å². The average molecular weight is 373 g/mol. The molecule has 0 fully saturated rings. The zero-order valence-corrected chi connectivity index (χ0v) is 15.8. The standard InChI is InChI=1S/C20H18Cl2N2O/c1-13-18(20(25)23(2)3)12-19(14-4-6-15(21)7-5-14)24(13)17-10-8-16(22)9-11-17/h4-12H,1-3H3. The summed E-state index contributed by atoms with van der Waals surface area (Å²) in [5.41, 5.74) is 4.42. The van der Waals surface area contributed by atoms with Crippen molar-refractivity contribution in [3.8, 4) is 16.9 Å². The molecule has 5 heteroatoms. The van der Waals surface area contributed by atoms with Crippen LogP contribution in [-0.4, -0.2) is 29.5 Å². The van der Waals surface area contributed by atoms with Gasteiger partial charge < -0.3 is 9.47 Å². The van der Waals surface area contributed by atoms with Gasteiger partial charge in [0.05, 0.1) is 11.3 Å². The first-order chi connectivity index (χ1) is 11.9. The number of nitrogens with zero attached hydrogens (tertiary/aromatic N) is 2. The van der Waals surface area contributed by atoms with Crippen molar-refractivity contribution in [3.63, 3.8) is 0 Å². The molecular formula is C20H18Cl2N2O. The summed E-state index contributed by atoms with van der Waals surface area (Å²) >= 11 is 12.0. The summed E-state index contributed by atoms with van der Waals surface area (Å²) in [7, 11) is 3.51. The molecule has 0 N–H and O–H groups in total. The third kappa shape index (κ3) is 3.44. The van der Waals surface area contributed by atoms with E-state index >= 15 is 0 Å². The van der Waals surface area contributed by atoms with Crippen LogP contribution in [0.1, 0.15) is 16.1 Å². The van der Waals surface area contributed by atoms with E-state index in [2.05, 4.69) is 4.57 Å². The molecule has 1 heterocycles. The van der Waals surface area contributed by atoms with Crippen molar-refractivity contribution in [1.82, 2.24) is 9.47 Å². The lowest BCUT2D eigenvalue weighted by molar-refractivity contribution is 0.0827. The minimum atomic E-state index is -0.0274. The van der Waals surface area contributed by atoms with Crippen molar-refractivity contribution in [2.45, 2.75) is 6.92 Å². The summed E-state index contributed by atoms with van der Waals surface area (Å²) in [6.45, 7) is 1.95. The Hall–Kier alpha value is -2.23. The van der Waals surface area contributed by atoms with Gasteiger partial charge in [0.1, 0.15) is 0 Å². The molecule has 0 bridgehead atoms. The van der Waals surface area contributed by atoms with Crippen molar-refractivity contribution >= 4 is 29.1 Å². The first-order valence-corrected chi connectivity index (χ1v) is 8.60. The molecule has 0 aliphatic rings. The number of aromatic nitrogens is 1. The SMILES string of the molecule is Cc1c(C(=O)N(C)C)cc(-c2ccc(Cl)cc2)n1-c1ccc(Cl)cc1. The number of rotatable bonds is 3. The summed E-state index contributed by atoms with van der Waals surface area (Å²) in [6.07, 6.45) is 0. The average Bonchev–Trinajstić information content (AvgIpc) is 2.93. The molecule has 0 radical (unpaired) electrons. The molecule has 3 aromatic rings. The molecule has 0 unspecified atom stereocenters. The molecule has 128 valence electrons. The van der Waals surface area contributed by atoms with Crippen LogP contribution in [-0.2, 0) is 0 Å². The van der Waals surface area contributed by atoms with Crippen LogP contribution < -0.4 is 0 Å². The molecule has 3 nitrogen and oxygen atoms in total. The molecule has 0 spiro atoms. The van der Waals surface area contributed by atoms with Crippen molar-refractivity contribution in [3.05, 3.63) is 75.9 Å². The Bertz CT molecular complexity index is 910. The van der Waals surface area contributed by atoms with E-state index < -0.39 is 0 Å². The van der Waals surface area contributed by atoms with Crippen molar-refractivity contribution in [2.24, 2.45) is 0 Å². The Morgan fingerprint density at radius 2 is 1.44 bits per heavy atom. The topological polar surface area (TPSA) is 25.2 Å². The monoisotopic (exact) mass is 372 g/mol. The van der Waals surface area contributed by atoms with E-state index in [1.807, 2.05) is 61.5 Å². The normalized spacial score (nSPS) is 10.8. The molecule has 3 rings (SSSR count). The van der Waals surface area contributed by atoms with Crippen LogP contribution in [0.25, 0.3) is 16.9 Å². The minimum Gasteiger partial charge on any atom is -0.345 e. The van der Waals surface area contributed by atoms with Crippen LogP contribution in [0, 0.1) is 6.92 Å². The highest BCUT2D eigenvalue weighted by molar-refractivity contribution is 6.30. The summed E-state index contributed by atoms with van der Waals surface area (Å²) < 4.78 is 2.07. The zero-order valence-electron chi connectivity index (χ0n) is 14.3. The van der Waals surface area contributed by atoms with E-state index in [1.165, 1.54) is 0 Å². The Morgan fingerprint density at radius 3 is 1.96 bits per heavy atom. The quantitative estimate of drug-likeness (QED) is 0.598. The zero-order chi connectivity index (χ0) is 18.1. The van der Waals surface area contributed by atoms with E-state index in [1.54, 1.807) is 19.0 Å². The minimum absolute atomic E-state index is 0.0274. The van der Waals surface area contributed by atoms with Gasteiger partial charge in [-0.05, 0) is 55.0 Å². The first kappa shape index (κ1) is 17.6. The lowest BCUT2D eigenvalue weighted by Crippen LogP contribution is -2.22. The van der Waals surface area contributed by atoms with E-state index in [9.17, 15) is 4.79 Å². The molecule has 0 saturated carbocycles. The second-order valence-corrected chi connectivity index (χ2v) is 6.92. The van der Waals surface area contributed by atoms with Crippen molar-refractivity contribution < 1.29 is 4.79 Å². The van der Waals surface area contributed by atoms with Gasteiger partial charge in [-0.25, -0.2) is 0 Å². The van der Waals surface area contributed by atoms with E-state index in [0.717, 1.165) is 22.6 Å². The van der Waals surface area contributed by atoms with Crippen LogP contribution in [0.15, 0.2) is 54.6 Å². The van der Waals surface area contributed by atoms with Gasteiger partial charge in [-0.2, -0.15) is 0 Å². The molecule has 0 aliphatic carbocycles. The Balaban J connectivity index is 2.24. The highest BCUT2D eigenvalue weighted by atomic mass is 35.5. The highest BCUT2D eigenvalue weighted by Crippen LogP contribution is 2.31. The van der Waals surface area contributed by atoms with E-state index in [-0.39, 0.29) is 5.91 Å².